The molecule has 0 atom stereocenters. The number of fused-ring (bicyclic) bond motifs is 1. The SMILES string of the molecule is Cc1ccc(-c2cc3cc(N=CC=C(N)c4ccccn4)cc(N4CCOCC4)n3n2)cc1. The van der Waals surface area contributed by atoms with Crippen molar-refractivity contribution in [2.24, 2.45) is 10.7 Å². The Morgan fingerprint density at radius 3 is 2.64 bits per heavy atom. The van der Waals surface area contributed by atoms with Crippen molar-refractivity contribution in [3.63, 3.8) is 0 Å². The van der Waals surface area contributed by atoms with Crippen LogP contribution >= 0.6 is 0 Å². The first kappa shape index (κ1) is 20.9. The lowest BCUT2D eigenvalue weighted by molar-refractivity contribution is 0.122. The summed E-state index contributed by atoms with van der Waals surface area (Å²) in [5.41, 5.74) is 12.5. The van der Waals surface area contributed by atoms with E-state index in [4.69, 9.17) is 15.6 Å². The van der Waals surface area contributed by atoms with Gasteiger partial charge in [0.25, 0.3) is 0 Å². The van der Waals surface area contributed by atoms with Crippen LogP contribution in [0.3, 0.4) is 0 Å². The van der Waals surface area contributed by atoms with Crippen LogP contribution in [0, 0.1) is 6.92 Å². The van der Waals surface area contributed by atoms with Gasteiger partial charge in [0.2, 0.25) is 0 Å². The van der Waals surface area contributed by atoms with Gasteiger partial charge in [0, 0.05) is 37.1 Å². The van der Waals surface area contributed by atoms with Crippen molar-refractivity contribution in [1.29, 1.82) is 0 Å². The molecule has 33 heavy (non-hydrogen) atoms. The first-order valence-electron chi connectivity index (χ1n) is 11.0. The van der Waals surface area contributed by atoms with Gasteiger partial charge in [0.1, 0.15) is 5.82 Å². The monoisotopic (exact) mass is 438 g/mol. The smallest absolute Gasteiger partial charge is 0.133 e. The van der Waals surface area contributed by atoms with E-state index >= 15 is 0 Å². The molecule has 1 aliphatic heterocycles. The van der Waals surface area contributed by atoms with Crippen LogP contribution in [0.2, 0.25) is 0 Å². The Morgan fingerprint density at radius 2 is 1.88 bits per heavy atom. The summed E-state index contributed by atoms with van der Waals surface area (Å²) < 4.78 is 7.55. The van der Waals surface area contributed by atoms with Gasteiger partial charge in [0.15, 0.2) is 0 Å². The number of hydrogen-bond acceptors (Lipinski definition) is 6. The van der Waals surface area contributed by atoms with E-state index < -0.39 is 0 Å². The number of morpholine rings is 1. The number of anilines is 1. The Hall–Kier alpha value is -3.97. The van der Waals surface area contributed by atoms with Crippen molar-refractivity contribution in [1.82, 2.24) is 14.6 Å². The fourth-order valence-corrected chi connectivity index (χ4v) is 3.85. The molecule has 0 amide bonds. The number of pyridine rings is 2. The summed E-state index contributed by atoms with van der Waals surface area (Å²) in [7, 11) is 0. The highest BCUT2D eigenvalue weighted by Gasteiger charge is 2.17. The predicted molar refractivity (Wildman–Crippen MR) is 133 cm³/mol. The Morgan fingerprint density at radius 1 is 1.06 bits per heavy atom. The number of nitrogens with zero attached hydrogens (tertiary/aromatic N) is 5. The Bertz CT molecular complexity index is 1300. The van der Waals surface area contributed by atoms with E-state index in [1.54, 1.807) is 18.5 Å². The van der Waals surface area contributed by atoms with E-state index in [-0.39, 0.29) is 0 Å². The number of rotatable bonds is 5. The Labute approximate surface area is 192 Å². The molecule has 4 heterocycles. The Balaban J connectivity index is 1.52. The molecule has 7 heteroatoms. The number of ether oxygens (including phenoxy) is 1. The average Bonchev–Trinajstić information content (AvgIpc) is 3.29. The summed E-state index contributed by atoms with van der Waals surface area (Å²) in [6.07, 6.45) is 5.21. The second-order valence-corrected chi connectivity index (χ2v) is 8.02. The normalized spacial score (nSPS) is 14.9. The first-order chi connectivity index (χ1) is 16.2. The second-order valence-electron chi connectivity index (χ2n) is 8.02. The van der Waals surface area contributed by atoms with Crippen LogP contribution in [-0.4, -0.2) is 47.1 Å². The van der Waals surface area contributed by atoms with Gasteiger partial charge in [-0.1, -0.05) is 35.9 Å². The lowest BCUT2D eigenvalue weighted by Crippen LogP contribution is -2.37. The van der Waals surface area contributed by atoms with E-state index in [1.165, 1.54) is 5.56 Å². The van der Waals surface area contributed by atoms with Crippen LogP contribution in [0.1, 0.15) is 11.3 Å². The molecule has 1 saturated heterocycles. The number of nitrogens with two attached hydrogens (primary N) is 1. The third-order valence-electron chi connectivity index (χ3n) is 5.65. The molecule has 1 aromatic carbocycles. The summed E-state index contributed by atoms with van der Waals surface area (Å²) in [6, 6.07) is 20.3. The quantitative estimate of drug-likeness (QED) is 0.471. The highest BCUT2D eigenvalue weighted by molar-refractivity contribution is 5.85. The summed E-state index contributed by atoms with van der Waals surface area (Å²) in [5, 5.41) is 4.92. The van der Waals surface area contributed by atoms with Gasteiger partial charge in [-0.25, -0.2) is 4.52 Å². The molecule has 0 spiro atoms. The summed E-state index contributed by atoms with van der Waals surface area (Å²) >= 11 is 0. The van der Waals surface area contributed by atoms with Crippen molar-refractivity contribution >= 4 is 28.9 Å². The Kier molecular flexibility index (Phi) is 5.87. The molecular formula is C26H26N6O. The van der Waals surface area contributed by atoms with Crippen molar-refractivity contribution in [3.05, 3.63) is 84.2 Å². The van der Waals surface area contributed by atoms with Gasteiger partial charge in [-0.3, -0.25) is 9.98 Å². The van der Waals surface area contributed by atoms with E-state index in [0.717, 1.165) is 47.1 Å². The van der Waals surface area contributed by atoms with E-state index in [2.05, 4.69) is 58.2 Å². The number of benzene rings is 1. The molecular weight excluding hydrogens is 412 g/mol. The van der Waals surface area contributed by atoms with Crippen LogP contribution in [-0.2, 0) is 4.74 Å². The summed E-state index contributed by atoms with van der Waals surface area (Å²) in [4.78, 5) is 11.2. The third-order valence-corrected chi connectivity index (χ3v) is 5.65. The van der Waals surface area contributed by atoms with Crippen molar-refractivity contribution in [2.45, 2.75) is 6.92 Å². The van der Waals surface area contributed by atoms with Gasteiger partial charge in [0.05, 0.1) is 41.5 Å². The lowest BCUT2D eigenvalue weighted by Gasteiger charge is -2.29. The average molecular weight is 439 g/mol. The number of aromatic nitrogens is 3. The van der Waals surface area contributed by atoms with E-state index in [0.29, 0.717) is 18.9 Å². The molecule has 166 valence electrons. The van der Waals surface area contributed by atoms with Crippen molar-refractivity contribution < 1.29 is 4.74 Å². The number of hydrogen-bond donors (Lipinski definition) is 1. The minimum Gasteiger partial charge on any atom is -0.397 e. The van der Waals surface area contributed by atoms with Crippen molar-refractivity contribution in [3.8, 4) is 11.3 Å². The zero-order valence-corrected chi connectivity index (χ0v) is 18.6. The van der Waals surface area contributed by atoms with Gasteiger partial charge in [-0.2, -0.15) is 5.10 Å². The van der Waals surface area contributed by atoms with Crippen molar-refractivity contribution in [2.75, 3.05) is 31.2 Å². The molecule has 0 unspecified atom stereocenters. The standard InChI is InChI=1S/C26H26N6O/c1-19-5-7-20(8-6-19)25-18-22-16-21(28-11-9-23(27)24-4-2-3-10-29-24)17-26(32(22)30-25)31-12-14-33-15-13-31/h2-11,16-18H,12-15,27H2,1H3. The second kappa shape index (κ2) is 9.26. The number of allylic oxidation sites excluding steroid dienone is 1. The molecule has 0 saturated carbocycles. The van der Waals surface area contributed by atoms with Crippen LogP contribution in [0.25, 0.3) is 22.5 Å². The maximum absolute atomic E-state index is 6.15. The highest BCUT2D eigenvalue weighted by Crippen LogP contribution is 2.29. The fourth-order valence-electron chi connectivity index (χ4n) is 3.85. The van der Waals surface area contributed by atoms with Crippen LogP contribution < -0.4 is 10.6 Å². The molecule has 0 radical (unpaired) electrons. The largest absolute Gasteiger partial charge is 0.397 e. The zero-order chi connectivity index (χ0) is 22.6. The maximum Gasteiger partial charge on any atom is 0.133 e. The molecule has 7 nitrogen and oxygen atoms in total. The fraction of sp³-hybridized carbons (Fsp3) is 0.192. The maximum atomic E-state index is 6.15. The van der Waals surface area contributed by atoms with Gasteiger partial charge < -0.3 is 15.4 Å². The highest BCUT2D eigenvalue weighted by atomic mass is 16.5. The minimum atomic E-state index is 0.569. The van der Waals surface area contributed by atoms with E-state index in [9.17, 15) is 0 Å². The van der Waals surface area contributed by atoms with Gasteiger partial charge in [-0.05, 0) is 37.3 Å². The van der Waals surface area contributed by atoms with Crippen LogP contribution in [0.5, 0.6) is 0 Å². The van der Waals surface area contributed by atoms with Crippen LogP contribution in [0.4, 0.5) is 11.5 Å². The summed E-state index contributed by atoms with van der Waals surface area (Å²) in [6.45, 7) is 5.11. The van der Waals surface area contributed by atoms with Gasteiger partial charge in [-0.15, -0.1) is 0 Å². The molecule has 3 aromatic heterocycles. The first-order valence-corrected chi connectivity index (χ1v) is 11.0. The van der Waals surface area contributed by atoms with Gasteiger partial charge >= 0.3 is 0 Å². The molecule has 5 rings (SSSR count). The predicted octanol–water partition coefficient (Wildman–Crippen LogP) is 4.24. The van der Waals surface area contributed by atoms with Crippen LogP contribution in [0.15, 0.2) is 77.9 Å². The zero-order valence-electron chi connectivity index (χ0n) is 18.6. The molecule has 1 aliphatic rings. The molecule has 1 fully saturated rings. The third kappa shape index (κ3) is 4.63. The molecule has 2 N–H and O–H groups in total. The van der Waals surface area contributed by atoms with E-state index in [1.807, 2.05) is 28.8 Å². The summed E-state index contributed by atoms with van der Waals surface area (Å²) in [5.74, 6) is 1.00. The topological polar surface area (TPSA) is 81.0 Å². The molecule has 0 bridgehead atoms. The number of aliphatic imine (C=N–C) groups is 1. The lowest BCUT2D eigenvalue weighted by atomic mass is 10.1. The number of aryl methyl sites for hydroxylation is 1. The minimum absolute atomic E-state index is 0.569. The molecule has 0 aliphatic carbocycles. The molecule has 4 aromatic rings.